The van der Waals surface area contributed by atoms with Crippen LogP contribution < -0.4 is 0 Å². The van der Waals surface area contributed by atoms with Crippen molar-refractivity contribution in [1.82, 2.24) is 0 Å². The first-order valence-electron chi connectivity index (χ1n) is 5.50. The minimum absolute atomic E-state index is 0.551. The third kappa shape index (κ3) is 4.19. The standard InChI is InChI=1S/C9H5F15O/c1-2(5(12,13)14)25-4(11,3(10)6(15,16)17)7(18,8(19,20)21)9(22,23)24/h2-3H,1H3. The fourth-order valence-electron chi connectivity index (χ4n) is 1.40. The lowest BCUT2D eigenvalue weighted by atomic mass is 9.89. The molecule has 0 aromatic heterocycles. The molecule has 0 fully saturated rings. The molecule has 0 aromatic rings. The van der Waals surface area contributed by atoms with Crippen LogP contribution in [0.4, 0.5) is 65.9 Å². The minimum atomic E-state index is -7.78. The third-order valence-electron chi connectivity index (χ3n) is 2.67. The molecule has 0 N–H and O–H groups in total. The van der Waals surface area contributed by atoms with Crippen molar-refractivity contribution in [3.05, 3.63) is 0 Å². The molecular formula is C9H5F15O. The zero-order valence-corrected chi connectivity index (χ0v) is 11.2. The maximum Gasteiger partial charge on any atom is 0.437 e. The second-order valence-electron chi connectivity index (χ2n) is 4.50. The predicted octanol–water partition coefficient (Wildman–Crippen LogP) is 5.35. The molecule has 0 bridgehead atoms. The molecule has 0 aromatic carbocycles. The minimum Gasteiger partial charge on any atom is -0.328 e. The summed E-state index contributed by atoms with van der Waals surface area (Å²) in [6.45, 7) is -0.551. The van der Waals surface area contributed by atoms with E-state index in [1.54, 1.807) is 0 Å². The zero-order valence-electron chi connectivity index (χ0n) is 11.2. The van der Waals surface area contributed by atoms with Crippen LogP contribution in [0, 0.1) is 0 Å². The Bertz CT molecular complexity index is 442. The summed E-state index contributed by atoms with van der Waals surface area (Å²) in [5, 5.41) is 0. The fraction of sp³-hybridized carbons (Fsp3) is 1.00. The summed E-state index contributed by atoms with van der Waals surface area (Å²) in [6, 6.07) is 0. The molecule has 3 unspecified atom stereocenters. The Kier molecular flexibility index (Phi) is 5.99. The van der Waals surface area contributed by atoms with Gasteiger partial charge in [0.1, 0.15) is 0 Å². The van der Waals surface area contributed by atoms with Gasteiger partial charge in [0.05, 0.1) is 0 Å². The number of halogens is 15. The Morgan fingerprint density at radius 3 is 1.12 bits per heavy atom. The van der Waals surface area contributed by atoms with Gasteiger partial charge < -0.3 is 4.74 Å². The van der Waals surface area contributed by atoms with Crippen LogP contribution in [0.1, 0.15) is 6.92 Å². The molecule has 1 nitrogen and oxygen atoms in total. The number of rotatable bonds is 4. The molecule has 0 heterocycles. The summed E-state index contributed by atoms with van der Waals surface area (Å²) in [4.78, 5) is 0. The highest BCUT2D eigenvalue weighted by Gasteiger charge is 2.88. The lowest BCUT2D eigenvalue weighted by molar-refractivity contribution is -0.454. The van der Waals surface area contributed by atoms with Crippen LogP contribution in [0.15, 0.2) is 0 Å². The van der Waals surface area contributed by atoms with Gasteiger partial charge in [-0.15, -0.1) is 0 Å². The zero-order chi connectivity index (χ0) is 20.9. The molecule has 16 heteroatoms. The number of hydrogen-bond donors (Lipinski definition) is 0. The SMILES string of the molecule is CC(OC(F)(C(F)C(F)(F)F)C(F)(C(F)(F)F)C(F)(F)F)C(F)(F)F. The summed E-state index contributed by atoms with van der Waals surface area (Å²) >= 11 is 0. The van der Waals surface area contributed by atoms with Crippen LogP contribution in [0.3, 0.4) is 0 Å². The van der Waals surface area contributed by atoms with Crippen LogP contribution in [-0.2, 0) is 4.74 Å². The quantitative estimate of drug-likeness (QED) is 0.564. The molecule has 0 rings (SSSR count). The molecule has 0 amide bonds. The topological polar surface area (TPSA) is 9.23 Å². The summed E-state index contributed by atoms with van der Waals surface area (Å²) in [5.74, 6) is -7.18. The molecule has 152 valence electrons. The van der Waals surface area contributed by atoms with Crippen molar-refractivity contribution in [3.8, 4) is 0 Å². The highest BCUT2D eigenvalue weighted by molar-refractivity contribution is 5.11. The van der Waals surface area contributed by atoms with Crippen LogP contribution in [0.5, 0.6) is 0 Å². The largest absolute Gasteiger partial charge is 0.437 e. The Balaban J connectivity index is 6.67. The van der Waals surface area contributed by atoms with E-state index in [4.69, 9.17) is 0 Å². The van der Waals surface area contributed by atoms with E-state index in [1.165, 1.54) is 0 Å². The van der Waals surface area contributed by atoms with Crippen molar-refractivity contribution in [2.75, 3.05) is 0 Å². The van der Waals surface area contributed by atoms with Crippen molar-refractivity contribution in [3.63, 3.8) is 0 Å². The Hall–Kier alpha value is -1.09. The van der Waals surface area contributed by atoms with Gasteiger partial charge in [-0.05, 0) is 6.92 Å². The predicted molar refractivity (Wildman–Crippen MR) is 47.3 cm³/mol. The van der Waals surface area contributed by atoms with Gasteiger partial charge in [0, 0.05) is 0 Å². The molecule has 0 spiro atoms. The van der Waals surface area contributed by atoms with E-state index in [0.29, 0.717) is 0 Å². The monoisotopic (exact) mass is 414 g/mol. The van der Waals surface area contributed by atoms with Crippen LogP contribution in [0.2, 0.25) is 0 Å². The van der Waals surface area contributed by atoms with Crippen LogP contribution >= 0.6 is 0 Å². The number of hydrogen-bond acceptors (Lipinski definition) is 1. The smallest absolute Gasteiger partial charge is 0.328 e. The van der Waals surface area contributed by atoms with Gasteiger partial charge >= 0.3 is 36.2 Å². The van der Waals surface area contributed by atoms with Gasteiger partial charge in [0.2, 0.25) is 0 Å². The summed E-state index contributed by atoms with van der Waals surface area (Å²) in [5.41, 5.74) is -7.78. The molecule has 25 heavy (non-hydrogen) atoms. The Morgan fingerprint density at radius 2 is 0.920 bits per heavy atom. The molecule has 0 aliphatic heterocycles. The summed E-state index contributed by atoms with van der Waals surface area (Å²) in [6.07, 6.45) is -38.6. The van der Waals surface area contributed by atoms with Gasteiger partial charge in [-0.25, -0.2) is 13.2 Å². The lowest BCUT2D eigenvalue weighted by Gasteiger charge is -2.43. The average Bonchev–Trinajstić information content (AvgIpc) is 2.31. The van der Waals surface area contributed by atoms with Gasteiger partial charge in [-0.3, -0.25) is 0 Å². The maximum absolute atomic E-state index is 13.9. The number of ether oxygens (including phenoxy) is 1. The molecule has 0 saturated heterocycles. The first-order chi connectivity index (χ1) is 10.5. The Morgan fingerprint density at radius 1 is 0.600 bits per heavy atom. The van der Waals surface area contributed by atoms with E-state index in [1.807, 2.05) is 0 Å². The maximum atomic E-state index is 13.9. The summed E-state index contributed by atoms with van der Waals surface area (Å²) < 4.78 is 190. The first-order valence-corrected chi connectivity index (χ1v) is 5.50. The molecule has 0 radical (unpaired) electrons. The molecule has 3 atom stereocenters. The van der Waals surface area contributed by atoms with Gasteiger partial charge in [0.25, 0.3) is 6.17 Å². The van der Waals surface area contributed by atoms with Crippen molar-refractivity contribution in [2.45, 2.75) is 55.4 Å². The Labute approximate surface area is 127 Å². The van der Waals surface area contributed by atoms with Crippen molar-refractivity contribution in [2.24, 2.45) is 0 Å². The van der Waals surface area contributed by atoms with E-state index >= 15 is 0 Å². The first kappa shape index (κ1) is 23.9. The third-order valence-corrected chi connectivity index (χ3v) is 2.67. The summed E-state index contributed by atoms with van der Waals surface area (Å²) in [7, 11) is 0. The fourth-order valence-corrected chi connectivity index (χ4v) is 1.40. The highest BCUT2D eigenvalue weighted by Crippen LogP contribution is 2.58. The number of alkyl halides is 15. The van der Waals surface area contributed by atoms with Crippen LogP contribution in [0.25, 0.3) is 0 Å². The van der Waals surface area contributed by atoms with E-state index in [-0.39, 0.29) is 0 Å². The average molecular weight is 414 g/mol. The van der Waals surface area contributed by atoms with E-state index < -0.39 is 55.4 Å². The molecular weight excluding hydrogens is 409 g/mol. The van der Waals surface area contributed by atoms with Gasteiger partial charge in [-0.2, -0.15) is 52.7 Å². The van der Waals surface area contributed by atoms with E-state index in [0.717, 1.165) is 0 Å². The van der Waals surface area contributed by atoms with Crippen LogP contribution in [-0.4, -0.2) is 48.5 Å². The second-order valence-corrected chi connectivity index (χ2v) is 4.50. The molecule has 0 saturated carbocycles. The molecule has 0 aliphatic rings. The van der Waals surface area contributed by atoms with E-state index in [9.17, 15) is 65.9 Å². The second kappa shape index (κ2) is 6.26. The molecule has 0 aliphatic carbocycles. The van der Waals surface area contributed by atoms with Gasteiger partial charge in [0.15, 0.2) is 6.10 Å². The van der Waals surface area contributed by atoms with Crippen molar-refractivity contribution < 1.29 is 70.6 Å². The lowest BCUT2D eigenvalue weighted by Crippen LogP contribution is -2.73. The van der Waals surface area contributed by atoms with Crippen molar-refractivity contribution >= 4 is 0 Å². The van der Waals surface area contributed by atoms with E-state index in [2.05, 4.69) is 4.74 Å². The highest BCUT2D eigenvalue weighted by atomic mass is 19.4. The normalized spacial score (nSPS) is 20.2. The van der Waals surface area contributed by atoms with Gasteiger partial charge in [-0.1, -0.05) is 0 Å². The van der Waals surface area contributed by atoms with Crippen molar-refractivity contribution in [1.29, 1.82) is 0 Å².